The molecule has 0 aliphatic carbocycles. The number of hydrogen-bond acceptors (Lipinski definition) is 3. The van der Waals surface area contributed by atoms with Gasteiger partial charge >= 0.3 is 0 Å². The van der Waals surface area contributed by atoms with E-state index in [2.05, 4.69) is 52.6 Å². The minimum atomic E-state index is 0.531. The number of H-pyrrole nitrogens is 1. The molecule has 2 aromatic rings. The monoisotopic (exact) mass is 230 g/mol. The maximum absolute atomic E-state index is 4.09. The number of rotatable bonds is 2. The molecule has 2 N–H and O–H groups in total. The minimum Gasteiger partial charge on any atom is -0.379 e. The molecule has 1 aromatic heterocycles. The number of fused-ring (bicyclic) bond motifs is 1. The Bertz CT molecular complexity index is 509. The molecule has 1 aliphatic heterocycles. The SMILES string of the molecule is CC1CC(Nc2cccc3cn[nH]c23)CN1C. The van der Waals surface area contributed by atoms with Crippen LogP contribution in [0.3, 0.4) is 0 Å². The van der Waals surface area contributed by atoms with E-state index in [1.165, 1.54) is 6.42 Å². The van der Waals surface area contributed by atoms with Crippen LogP contribution in [-0.4, -0.2) is 40.8 Å². The second-order valence-electron chi connectivity index (χ2n) is 5.01. The zero-order valence-electron chi connectivity index (χ0n) is 10.3. The normalized spacial score (nSPS) is 25.5. The van der Waals surface area contributed by atoms with Crippen LogP contribution >= 0.6 is 0 Å². The van der Waals surface area contributed by atoms with E-state index < -0.39 is 0 Å². The zero-order valence-corrected chi connectivity index (χ0v) is 10.3. The van der Waals surface area contributed by atoms with E-state index in [9.17, 15) is 0 Å². The molecule has 2 unspecified atom stereocenters. The number of hydrogen-bond donors (Lipinski definition) is 2. The maximum Gasteiger partial charge on any atom is 0.0881 e. The number of para-hydroxylation sites is 1. The van der Waals surface area contributed by atoms with Gasteiger partial charge in [-0.2, -0.15) is 5.10 Å². The zero-order chi connectivity index (χ0) is 11.8. The highest BCUT2D eigenvalue weighted by atomic mass is 15.2. The largest absolute Gasteiger partial charge is 0.379 e. The Morgan fingerprint density at radius 2 is 2.35 bits per heavy atom. The molecule has 0 radical (unpaired) electrons. The average molecular weight is 230 g/mol. The molecule has 0 spiro atoms. The highest BCUT2D eigenvalue weighted by molar-refractivity contribution is 5.90. The van der Waals surface area contributed by atoms with Crippen molar-refractivity contribution >= 4 is 16.6 Å². The first-order valence-electron chi connectivity index (χ1n) is 6.13. The van der Waals surface area contributed by atoms with Crippen LogP contribution in [0.5, 0.6) is 0 Å². The Kier molecular flexibility index (Phi) is 2.52. The van der Waals surface area contributed by atoms with Gasteiger partial charge in [-0.25, -0.2) is 0 Å². The minimum absolute atomic E-state index is 0.531. The van der Waals surface area contributed by atoms with Crippen LogP contribution in [0.4, 0.5) is 5.69 Å². The van der Waals surface area contributed by atoms with Crippen LogP contribution in [0, 0.1) is 0 Å². The number of aromatic nitrogens is 2. The Hall–Kier alpha value is -1.55. The van der Waals surface area contributed by atoms with E-state index in [1.54, 1.807) is 0 Å². The van der Waals surface area contributed by atoms with E-state index in [4.69, 9.17) is 0 Å². The van der Waals surface area contributed by atoms with Gasteiger partial charge < -0.3 is 10.2 Å². The van der Waals surface area contributed by atoms with E-state index in [0.717, 1.165) is 23.1 Å². The first-order valence-corrected chi connectivity index (χ1v) is 6.13. The lowest BCUT2D eigenvalue weighted by molar-refractivity contribution is 0.330. The van der Waals surface area contributed by atoms with Crippen molar-refractivity contribution in [3.05, 3.63) is 24.4 Å². The third-order valence-corrected chi connectivity index (χ3v) is 3.72. The fourth-order valence-electron chi connectivity index (χ4n) is 2.61. The lowest BCUT2D eigenvalue weighted by atomic mass is 10.1. The van der Waals surface area contributed by atoms with Gasteiger partial charge in [0.05, 0.1) is 17.4 Å². The van der Waals surface area contributed by atoms with Crippen molar-refractivity contribution < 1.29 is 0 Å². The quantitative estimate of drug-likeness (QED) is 0.830. The summed E-state index contributed by atoms with van der Waals surface area (Å²) in [5.74, 6) is 0. The summed E-state index contributed by atoms with van der Waals surface area (Å²) in [5.41, 5.74) is 2.27. The van der Waals surface area contributed by atoms with Crippen LogP contribution in [0.25, 0.3) is 10.9 Å². The molecule has 0 bridgehead atoms. The summed E-state index contributed by atoms with van der Waals surface area (Å²) in [5, 5.41) is 11.9. The smallest absolute Gasteiger partial charge is 0.0881 e. The van der Waals surface area contributed by atoms with Crippen LogP contribution in [-0.2, 0) is 0 Å². The third kappa shape index (κ3) is 1.89. The standard InChI is InChI=1S/C13H18N4/c1-9-6-11(8-17(9)2)15-12-5-3-4-10-7-14-16-13(10)12/h3-5,7,9,11,15H,6,8H2,1-2H3,(H,14,16). The fourth-order valence-corrected chi connectivity index (χ4v) is 2.61. The van der Waals surface area contributed by atoms with Crippen molar-refractivity contribution in [3.63, 3.8) is 0 Å². The van der Waals surface area contributed by atoms with E-state index in [0.29, 0.717) is 12.1 Å². The molecular formula is C13H18N4. The van der Waals surface area contributed by atoms with Crippen LogP contribution in [0.1, 0.15) is 13.3 Å². The molecule has 3 rings (SSSR count). The van der Waals surface area contributed by atoms with E-state index >= 15 is 0 Å². The molecule has 1 saturated heterocycles. The number of anilines is 1. The van der Waals surface area contributed by atoms with E-state index in [-0.39, 0.29) is 0 Å². The van der Waals surface area contributed by atoms with Gasteiger partial charge in [0, 0.05) is 24.0 Å². The Morgan fingerprint density at radius 1 is 1.47 bits per heavy atom. The second kappa shape index (κ2) is 4.04. The van der Waals surface area contributed by atoms with Gasteiger partial charge in [0.2, 0.25) is 0 Å². The van der Waals surface area contributed by atoms with Crippen LogP contribution < -0.4 is 5.32 Å². The van der Waals surface area contributed by atoms with Crippen molar-refractivity contribution in [2.45, 2.75) is 25.4 Å². The lowest BCUT2D eigenvalue weighted by Crippen LogP contribution is -2.24. The highest BCUT2D eigenvalue weighted by Crippen LogP contribution is 2.24. The molecule has 4 nitrogen and oxygen atoms in total. The second-order valence-corrected chi connectivity index (χ2v) is 5.01. The van der Waals surface area contributed by atoms with Crippen molar-refractivity contribution in [1.29, 1.82) is 0 Å². The van der Waals surface area contributed by atoms with Crippen molar-refractivity contribution in [1.82, 2.24) is 15.1 Å². The average Bonchev–Trinajstić information content (AvgIpc) is 2.87. The number of likely N-dealkylation sites (N-methyl/N-ethyl adjacent to an activating group) is 1. The molecule has 2 atom stereocenters. The van der Waals surface area contributed by atoms with Gasteiger partial charge in [-0.05, 0) is 26.5 Å². The van der Waals surface area contributed by atoms with Gasteiger partial charge in [0.1, 0.15) is 0 Å². The summed E-state index contributed by atoms with van der Waals surface area (Å²) in [6, 6.07) is 7.46. The van der Waals surface area contributed by atoms with Gasteiger partial charge in [0.15, 0.2) is 0 Å². The Labute approximate surface area is 101 Å². The molecule has 90 valence electrons. The first kappa shape index (κ1) is 10.6. The molecule has 0 amide bonds. The third-order valence-electron chi connectivity index (χ3n) is 3.72. The Balaban J connectivity index is 1.83. The van der Waals surface area contributed by atoms with Crippen molar-refractivity contribution in [3.8, 4) is 0 Å². The summed E-state index contributed by atoms with van der Waals surface area (Å²) in [6.45, 7) is 3.38. The number of likely N-dealkylation sites (tertiary alicyclic amines) is 1. The predicted molar refractivity (Wildman–Crippen MR) is 70.2 cm³/mol. The van der Waals surface area contributed by atoms with Gasteiger partial charge in [-0.3, -0.25) is 5.10 Å². The molecule has 17 heavy (non-hydrogen) atoms. The van der Waals surface area contributed by atoms with Crippen molar-refractivity contribution in [2.24, 2.45) is 0 Å². The molecule has 1 aromatic carbocycles. The van der Waals surface area contributed by atoms with Gasteiger partial charge in [-0.15, -0.1) is 0 Å². The van der Waals surface area contributed by atoms with E-state index in [1.807, 2.05) is 6.20 Å². The van der Waals surface area contributed by atoms with Gasteiger partial charge in [-0.1, -0.05) is 12.1 Å². The summed E-state index contributed by atoms with van der Waals surface area (Å²) in [6.07, 6.45) is 3.06. The summed E-state index contributed by atoms with van der Waals surface area (Å²) >= 11 is 0. The molecular weight excluding hydrogens is 212 g/mol. The number of benzene rings is 1. The first-order chi connectivity index (χ1) is 8.24. The molecule has 2 heterocycles. The summed E-state index contributed by atoms with van der Waals surface area (Å²) in [4.78, 5) is 2.39. The topological polar surface area (TPSA) is 44.0 Å². The highest BCUT2D eigenvalue weighted by Gasteiger charge is 2.26. The molecule has 1 fully saturated rings. The molecule has 4 heteroatoms. The van der Waals surface area contributed by atoms with Crippen molar-refractivity contribution in [2.75, 3.05) is 18.9 Å². The molecule has 0 saturated carbocycles. The number of nitrogens with zero attached hydrogens (tertiary/aromatic N) is 2. The summed E-state index contributed by atoms with van der Waals surface area (Å²) < 4.78 is 0. The molecule has 1 aliphatic rings. The Morgan fingerprint density at radius 3 is 3.12 bits per heavy atom. The maximum atomic E-state index is 4.09. The lowest BCUT2D eigenvalue weighted by Gasteiger charge is -2.14. The van der Waals surface area contributed by atoms with Crippen LogP contribution in [0.15, 0.2) is 24.4 Å². The predicted octanol–water partition coefficient (Wildman–Crippen LogP) is 2.07. The summed E-state index contributed by atoms with van der Waals surface area (Å²) in [7, 11) is 2.18. The van der Waals surface area contributed by atoms with Gasteiger partial charge in [0.25, 0.3) is 0 Å². The number of nitrogens with one attached hydrogen (secondary N) is 2. The van der Waals surface area contributed by atoms with Crippen LogP contribution in [0.2, 0.25) is 0 Å². The number of aromatic amines is 1. The fraction of sp³-hybridized carbons (Fsp3) is 0.462.